The normalized spacial score (nSPS) is 16.1. The SMILES string of the molecule is CCCCCCCCCCCCC1N(CCCCCC)C=CN1c1ccccc1. The van der Waals surface area contributed by atoms with Crippen molar-refractivity contribution in [3.8, 4) is 0 Å². The summed E-state index contributed by atoms with van der Waals surface area (Å²) in [5, 5.41) is 0. The average Bonchev–Trinajstić information content (AvgIpc) is 3.16. The maximum absolute atomic E-state index is 2.59. The molecule has 1 unspecified atom stereocenters. The third-order valence-electron chi connectivity index (χ3n) is 6.26. The molecule has 0 amide bonds. The Balaban J connectivity index is 1.70. The van der Waals surface area contributed by atoms with Crippen molar-refractivity contribution in [3.63, 3.8) is 0 Å². The minimum absolute atomic E-state index is 0.507. The predicted molar refractivity (Wildman–Crippen MR) is 129 cm³/mol. The van der Waals surface area contributed by atoms with Crippen LogP contribution in [0.3, 0.4) is 0 Å². The van der Waals surface area contributed by atoms with Crippen LogP contribution in [0.15, 0.2) is 42.7 Å². The number of benzene rings is 1. The second kappa shape index (κ2) is 15.4. The number of para-hydroxylation sites is 1. The first-order valence-electron chi connectivity index (χ1n) is 12.6. The second-order valence-corrected chi connectivity index (χ2v) is 8.79. The van der Waals surface area contributed by atoms with E-state index in [-0.39, 0.29) is 0 Å². The Kier molecular flexibility index (Phi) is 12.7. The topological polar surface area (TPSA) is 6.48 Å². The highest BCUT2D eigenvalue weighted by Crippen LogP contribution is 2.28. The van der Waals surface area contributed by atoms with E-state index in [1.54, 1.807) is 0 Å². The molecule has 2 nitrogen and oxygen atoms in total. The van der Waals surface area contributed by atoms with Gasteiger partial charge in [0, 0.05) is 24.6 Å². The van der Waals surface area contributed by atoms with E-state index >= 15 is 0 Å². The number of anilines is 1. The molecular formula is C27H46N2. The monoisotopic (exact) mass is 398 g/mol. The molecule has 2 heteroatoms. The minimum Gasteiger partial charge on any atom is -0.356 e. The number of hydrogen-bond donors (Lipinski definition) is 0. The van der Waals surface area contributed by atoms with E-state index in [1.807, 2.05) is 0 Å². The van der Waals surface area contributed by atoms with E-state index in [1.165, 1.54) is 109 Å². The summed E-state index contributed by atoms with van der Waals surface area (Å²) in [7, 11) is 0. The third-order valence-corrected chi connectivity index (χ3v) is 6.26. The van der Waals surface area contributed by atoms with Gasteiger partial charge >= 0.3 is 0 Å². The smallest absolute Gasteiger partial charge is 0.105 e. The molecule has 164 valence electrons. The molecule has 0 saturated heterocycles. The molecule has 1 atom stereocenters. The first kappa shape index (κ1) is 23.8. The summed E-state index contributed by atoms with van der Waals surface area (Å²) < 4.78 is 0. The van der Waals surface area contributed by atoms with Crippen LogP contribution in [0.1, 0.15) is 110 Å². The van der Waals surface area contributed by atoms with Gasteiger partial charge in [-0.15, -0.1) is 0 Å². The van der Waals surface area contributed by atoms with Crippen LogP contribution in [0.25, 0.3) is 0 Å². The highest BCUT2D eigenvalue weighted by molar-refractivity contribution is 5.51. The quantitative estimate of drug-likeness (QED) is 0.243. The van der Waals surface area contributed by atoms with Crippen molar-refractivity contribution in [2.75, 3.05) is 11.4 Å². The first-order valence-corrected chi connectivity index (χ1v) is 12.6. The zero-order chi connectivity index (χ0) is 20.6. The molecule has 0 N–H and O–H groups in total. The molecule has 1 aromatic rings. The average molecular weight is 399 g/mol. The van der Waals surface area contributed by atoms with Gasteiger partial charge in [-0.1, -0.05) is 109 Å². The van der Waals surface area contributed by atoms with Gasteiger partial charge in [-0.3, -0.25) is 0 Å². The summed E-state index contributed by atoms with van der Waals surface area (Å²) in [6, 6.07) is 10.9. The molecular weight excluding hydrogens is 352 g/mol. The van der Waals surface area contributed by atoms with Gasteiger partial charge in [0.2, 0.25) is 0 Å². The van der Waals surface area contributed by atoms with Gasteiger partial charge in [0.05, 0.1) is 0 Å². The maximum atomic E-state index is 2.59. The van der Waals surface area contributed by atoms with Gasteiger partial charge in [0.15, 0.2) is 0 Å². The van der Waals surface area contributed by atoms with Crippen LogP contribution in [0.5, 0.6) is 0 Å². The number of nitrogens with zero attached hydrogens (tertiary/aromatic N) is 2. The molecule has 0 fully saturated rings. The Morgan fingerprint density at radius 3 is 1.79 bits per heavy atom. The summed E-state index contributed by atoms with van der Waals surface area (Å²) in [6.45, 7) is 5.79. The molecule has 1 heterocycles. The lowest BCUT2D eigenvalue weighted by molar-refractivity contribution is 0.273. The Hall–Kier alpha value is -1.44. The fourth-order valence-electron chi connectivity index (χ4n) is 4.44. The zero-order valence-electron chi connectivity index (χ0n) is 19.3. The number of rotatable bonds is 17. The van der Waals surface area contributed by atoms with Crippen LogP contribution in [-0.2, 0) is 0 Å². The Labute approximate surface area is 181 Å². The van der Waals surface area contributed by atoms with Gasteiger partial charge in [-0.2, -0.15) is 0 Å². The van der Waals surface area contributed by atoms with E-state index < -0.39 is 0 Å². The molecule has 0 bridgehead atoms. The highest BCUT2D eigenvalue weighted by atomic mass is 15.4. The lowest BCUT2D eigenvalue weighted by Gasteiger charge is -2.33. The molecule has 0 aromatic heterocycles. The van der Waals surface area contributed by atoms with Gasteiger partial charge in [0.1, 0.15) is 6.17 Å². The van der Waals surface area contributed by atoms with Gasteiger partial charge in [0.25, 0.3) is 0 Å². The van der Waals surface area contributed by atoms with Crippen molar-refractivity contribution < 1.29 is 0 Å². The van der Waals surface area contributed by atoms with E-state index in [0.717, 1.165) is 0 Å². The Morgan fingerprint density at radius 2 is 1.17 bits per heavy atom. The van der Waals surface area contributed by atoms with E-state index in [2.05, 4.69) is 66.4 Å². The maximum Gasteiger partial charge on any atom is 0.105 e. The van der Waals surface area contributed by atoms with Gasteiger partial charge < -0.3 is 9.80 Å². The summed E-state index contributed by atoms with van der Waals surface area (Å²) in [4.78, 5) is 5.09. The molecule has 1 aliphatic heterocycles. The van der Waals surface area contributed by atoms with Crippen LogP contribution >= 0.6 is 0 Å². The van der Waals surface area contributed by atoms with E-state index in [9.17, 15) is 0 Å². The van der Waals surface area contributed by atoms with Crippen molar-refractivity contribution in [2.45, 2.75) is 116 Å². The van der Waals surface area contributed by atoms with Crippen LogP contribution in [0.2, 0.25) is 0 Å². The fourth-order valence-corrected chi connectivity index (χ4v) is 4.44. The van der Waals surface area contributed by atoms with Crippen molar-refractivity contribution in [2.24, 2.45) is 0 Å². The minimum atomic E-state index is 0.507. The van der Waals surface area contributed by atoms with E-state index in [4.69, 9.17) is 0 Å². The van der Waals surface area contributed by atoms with Crippen LogP contribution in [-0.4, -0.2) is 17.6 Å². The highest BCUT2D eigenvalue weighted by Gasteiger charge is 2.26. The van der Waals surface area contributed by atoms with Crippen LogP contribution in [0.4, 0.5) is 5.69 Å². The Morgan fingerprint density at radius 1 is 0.621 bits per heavy atom. The molecule has 1 aromatic carbocycles. The van der Waals surface area contributed by atoms with Crippen LogP contribution < -0.4 is 4.90 Å². The lowest BCUT2D eigenvalue weighted by atomic mass is 10.0. The molecule has 29 heavy (non-hydrogen) atoms. The van der Waals surface area contributed by atoms with Gasteiger partial charge in [-0.05, 0) is 31.4 Å². The molecule has 0 spiro atoms. The van der Waals surface area contributed by atoms with Crippen molar-refractivity contribution in [1.82, 2.24) is 4.90 Å². The molecule has 0 radical (unpaired) electrons. The molecule has 1 aliphatic rings. The summed E-state index contributed by atoms with van der Waals surface area (Å²) in [5.74, 6) is 0. The van der Waals surface area contributed by atoms with Crippen LogP contribution in [0, 0.1) is 0 Å². The fraction of sp³-hybridized carbons (Fsp3) is 0.704. The molecule has 0 aliphatic carbocycles. The summed E-state index contributed by atoms with van der Waals surface area (Å²) in [6.07, 6.45) is 25.9. The predicted octanol–water partition coefficient (Wildman–Crippen LogP) is 8.50. The van der Waals surface area contributed by atoms with Crippen molar-refractivity contribution in [3.05, 3.63) is 42.7 Å². The number of unbranched alkanes of at least 4 members (excludes halogenated alkanes) is 12. The van der Waals surface area contributed by atoms with Gasteiger partial charge in [-0.25, -0.2) is 0 Å². The summed E-state index contributed by atoms with van der Waals surface area (Å²) >= 11 is 0. The summed E-state index contributed by atoms with van der Waals surface area (Å²) in [5.41, 5.74) is 1.33. The van der Waals surface area contributed by atoms with Crippen molar-refractivity contribution in [1.29, 1.82) is 0 Å². The third kappa shape index (κ3) is 9.28. The largest absolute Gasteiger partial charge is 0.356 e. The first-order chi connectivity index (χ1) is 14.4. The second-order valence-electron chi connectivity index (χ2n) is 8.79. The van der Waals surface area contributed by atoms with Crippen molar-refractivity contribution >= 4 is 5.69 Å². The Bertz CT molecular complexity index is 525. The molecule has 2 rings (SSSR count). The molecule has 0 saturated carbocycles. The zero-order valence-corrected chi connectivity index (χ0v) is 19.3. The van der Waals surface area contributed by atoms with E-state index in [0.29, 0.717) is 6.17 Å². The number of hydrogen-bond acceptors (Lipinski definition) is 2. The standard InChI is InChI=1S/C27H46N2/c1-3-5-7-9-10-11-12-13-14-18-22-27-28(23-19-8-6-4-2)24-25-29(27)26-20-16-15-17-21-26/h15-17,20-21,24-25,27H,3-14,18-19,22-23H2,1-2H3. The lowest BCUT2D eigenvalue weighted by Crippen LogP contribution is -2.39.